The van der Waals surface area contributed by atoms with E-state index in [2.05, 4.69) is 21.2 Å². The molecule has 2 aromatic carbocycles. The van der Waals surface area contributed by atoms with Crippen LogP contribution < -0.4 is 5.32 Å². The van der Waals surface area contributed by atoms with Crippen LogP contribution in [0.1, 0.15) is 5.56 Å². The van der Waals surface area contributed by atoms with Crippen molar-refractivity contribution >= 4 is 39.3 Å². The van der Waals surface area contributed by atoms with E-state index in [0.717, 1.165) is 0 Å². The molecular formula is C16H9BrFN3O3. The zero-order chi connectivity index (χ0) is 17.7. The topological polar surface area (TPSA) is 96.0 Å². The Morgan fingerprint density at radius 2 is 1.96 bits per heavy atom. The van der Waals surface area contributed by atoms with Crippen LogP contribution in [-0.4, -0.2) is 10.8 Å². The maximum Gasteiger partial charge on any atom is 0.269 e. The van der Waals surface area contributed by atoms with Crippen LogP contribution in [0.15, 0.2) is 52.5 Å². The van der Waals surface area contributed by atoms with Gasteiger partial charge in [0, 0.05) is 16.6 Å². The van der Waals surface area contributed by atoms with Gasteiger partial charge < -0.3 is 5.32 Å². The van der Waals surface area contributed by atoms with E-state index in [1.165, 1.54) is 42.5 Å². The van der Waals surface area contributed by atoms with Crippen molar-refractivity contribution in [3.05, 3.63) is 74.0 Å². The summed E-state index contributed by atoms with van der Waals surface area (Å²) in [5.41, 5.74) is 0.00911. The number of nitrogens with zero attached hydrogens (tertiary/aromatic N) is 2. The molecule has 2 rings (SSSR count). The van der Waals surface area contributed by atoms with E-state index in [-0.39, 0.29) is 16.9 Å². The number of halogens is 2. The lowest BCUT2D eigenvalue weighted by Crippen LogP contribution is -2.14. The minimum atomic E-state index is -0.780. The number of non-ortho nitro benzene ring substituents is 1. The van der Waals surface area contributed by atoms with Crippen molar-refractivity contribution in [2.75, 3.05) is 5.32 Å². The predicted octanol–water partition coefficient (Wildman–Crippen LogP) is 4.04. The summed E-state index contributed by atoms with van der Waals surface area (Å²) in [5.74, 6) is -1.43. The number of carbonyl (C=O) groups excluding carboxylic acids is 1. The molecule has 0 radical (unpaired) electrons. The number of hydrogen-bond acceptors (Lipinski definition) is 4. The molecule has 0 atom stereocenters. The number of benzene rings is 2. The number of nitro benzene ring substituents is 1. The predicted molar refractivity (Wildman–Crippen MR) is 89.4 cm³/mol. The van der Waals surface area contributed by atoms with Gasteiger partial charge in [-0.15, -0.1) is 0 Å². The standard InChI is InChI=1S/C16H9BrFN3O3/c17-12-3-6-15(14(18)8-12)20-16(22)11(9-19)7-10-1-4-13(5-2-10)21(23)24/h1-8H,(H,20,22)/b11-7-. The molecule has 0 fully saturated rings. The number of nitriles is 1. The summed E-state index contributed by atoms with van der Waals surface area (Å²) in [6, 6.07) is 11.1. The van der Waals surface area contributed by atoms with E-state index in [9.17, 15) is 19.3 Å². The van der Waals surface area contributed by atoms with Crippen LogP contribution in [0.2, 0.25) is 0 Å². The fraction of sp³-hybridized carbons (Fsp3) is 0. The molecule has 0 aromatic heterocycles. The first-order valence-corrected chi connectivity index (χ1v) is 7.32. The Kier molecular flexibility index (Phi) is 5.39. The van der Waals surface area contributed by atoms with Crippen LogP contribution in [0.5, 0.6) is 0 Å². The highest BCUT2D eigenvalue weighted by atomic mass is 79.9. The number of carbonyl (C=O) groups is 1. The quantitative estimate of drug-likeness (QED) is 0.369. The zero-order valence-corrected chi connectivity index (χ0v) is 13.6. The largest absolute Gasteiger partial charge is 0.319 e. The third-order valence-corrected chi connectivity index (χ3v) is 3.45. The lowest BCUT2D eigenvalue weighted by molar-refractivity contribution is -0.384. The number of nitro groups is 1. The van der Waals surface area contributed by atoms with E-state index in [0.29, 0.717) is 10.0 Å². The number of anilines is 1. The smallest absolute Gasteiger partial charge is 0.269 e. The molecule has 120 valence electrons. The number of nitrogens with one attached hydrogen (secondary N) is 1. The molecule has 0 bridgehead atoms. The first kappa shape index (κ1) is 17.3. The number of amides is 1. The molecule has 1 N–H and O–H groups in total. The second-order valence-corrected chi connectivity index (χ2v) is 5.51. The molecule has 0 heterocycles. The van der Waals surface area contributed by atoms with Crippen LogP contribution in [0.4, 0.5) is 15.8 Å². The van der Waals surface area contributed by atoms with Gasteiger partial charge in [0.05, 0.1) is 10.6 Å². The summed E-state index contributed by atoms with van der Waals surface area (Å²) in [6.45, 7) is 0. The molecule has 2 aromatic rings. The third-order valence-electron chi connectivity index (χ3n) is 2.96. The Hall–Kier alpha value is -3.05. The molecule has 8 heteroatoms. The van der Waals surface area contributed by atoms with E-state index in [1.807, 2.05) is 0 Å². The van der Waals surface area contributed by atoms with Crippen molar-refractivity contribution in [2.45, 2.75) is 0 Å². The Bertz CT molecular complexity index is 873. The minimum absolute atomic E-state index is 0.0620. The highest BCUT2D eigenvalue weighted by Crippen LogP contribution is 2.20. The lowest BCUT2D eigenvalue weighted by Gasteiger charge is -2.06. The van der Waals surface area contributed by atoms with Crippen molar-refractivity contribution in [2.24, 2.45) is 0 Å². The first-order valence-electron chi connectivity index (χ1n) is 6.53. The third kappa shape index (κ3) is 4.24. The lowest BCUT2D eigenvalue weighted by atomic mass is 10.1. The van der Waals surface area contributed by atoms with Gasteiger partial charge in [-0.1, -0.05) is 15.9 Å². The van der Waals surface area contributed by atoms with Crippen molar-refractivity contribution in [3.63, 3.8) is 0 Å². The molecule has 24 heavy (non-hydrogen) atoms. The SMILES string of the molecule is N#C/C(=C/c1ccc([N+](=O)[O-])cc1)C(=O)Nc1ccc(Br)cc1F. The van der Waals surface area contributed by atoms with Crippen molar-refractivity contribution in [1.29, 1.82) is 5.26 Å². The fourth-order valence-electron chi connectivity index (χ4n) is 1.79. The van der Waals surface area contributed by atoms with Gasteiger partial charge in [0.2, 0.25) is 0 Å². The molecule has 1 amide bonds. The summed E-state index contributed by atoms with van der Waals surface area (Å²) in [4.78, 5) is 22.1. The summed E-state index contributed by atoms with van der Waals surface area (Å²) in [6.07, 6.45) is 1.26. The molecule has 0 aliphatic rings. The zero-order valence-electron chi connectivity index (χ0n) is 12.0. The van der Waals surface area contributed by atoms with Crippen LogP contribution in [0, 0.1) is 27.3 Å². The molecule has 0 saturated heterocycles. The fourth-order valence-corrected chi connectivity index (χ4v) is 2.12. The molecule has 0 spiro atoms. The Morgan fingerprint density at radius 3 is 2.50 bits per heavy atom. The van der Waals surface area contributed by atoms with Gasteiger partial charge in [-0.05, 0) is 42.0 Å². The van der Waals surface area contributed by atoms with Gasteiger partial charge >= 0.3 is 0 Å². The number of hydrogen-bond donors (Lipinski definition) is 1. The van der Waals surface area contributed by atoms with Crippen LogP contribution in [0.3, 0.4) is 0 Å². The highest BCUT2D eigenvalue weighted by Gasteiger charge is 2.13. The van der Waals surface area contributed by atoms with E-state index in [1.54, 1.807) is 12.1 Å². The molecule has 0 saturated carbocycles. The van der Waals surface area contributed by atoms with Gasteiger partial charge in [0.15, 0.2) is 0 Å². The van der Waals surface area contributed by atoms with E-state index < -0.39 is 16.6 Å². The van der Waals surface area contributed by atoms with Crippen LogP contribution in [0.25, 0.3) is 6.08 Å². The van der Waals surface area contributed by atoms with Gasteiger partial charge in [0.25, 0.3) is 11.6 Å². The Morgan fingerprint density at radius 1 is 1.29 bits per heavy atom. The van der Waals surface area contributed by atoms with E-state index in [4.69, 9.17) is 5.26 Å². The average molecular weight is 390 g/mol. The molecule has 6 nitrogen and oxygen atoms in total. The second kappa shape index (κ2) is 7.48. The highest BCUT2D eigenvalue weighted by molar-refractivity contribution is 9.10. The molecule has 0 unspecified atom stereocenters. The summed E-state index contributed by atoms with van der Waals surface area (Å²) < 4.78 is 14.2. The molecule has 0 aliphatic heterocycles. The molecular weight excluding hydrogens is 381 g/mol. The van der Waals surface area contributed by atoms with Crippen molar-refractivity contribution < 1.29 is 14.1 Å². The normalized spacial score (nSPS) is 10.8. The summed E-state index contributed by atoms with van der Waals surface area (Å²) in [7, 11) is 0. The van der Waals surface area contributed by atoms with Crippen molar-refractivity contribution in [1.82, 2.24) is 0 Å². The first-order chi connectivity index (χ1) is 11.4. The maximum atomic E-state index is 13.7. The molecule has 0 aliphatic carbocycles. The Balaban J connectivity index is 2.22. The Labute approximate surface area is 144 Å². The van der Waals surface area contributed by atoms with Gasteiger partial charge in [-0.25, -0.2) is 4.39 Å². The van der Waals surface area contributed by atoms with E-state index >= 15 is 0 Å². The monoisotopic (exact) mass is 389 g/mol. The number of rotatable bonds is 4. The van der Waals surface area contributed by atoms with Crippen LogP contribution in [-0.2, 0) is 4.79 Å². The summed E-state index contributed by atoms with van der Waals surface area (Å²) >= 11 is 3.10. The van der Waals surface area contributed by atoms with Crippen LogP contribution >= 0.6 is 15.9 Å². The average Bonchev–Trinajstić information content (AvgIpc) is 2.55. The minimum Gasteiger partial charge on any atom is -0.319 e. The second-order valence-electron chi connectivity index (χ2n) is 4.60. The van der Waals surface area contributed by atoms with Gasteiger partial charge in [0.1, 0.15) is 17.5 Å². The van der Waals surface area contributed by atoms with Gasteiger partial charge in [-0.3, -0.25) is 14.9 Å². The maximum absolute atomic E-state index is 13.7. The van der Waals surface area contributed by atoms with Gasteiger partial charge in [-0.2, -0.15) is 5.26 Å². The van der Waals surface area contributed by atoms with Crippen molar-refractivity contribution in [3.8, 4) is 6.07 Å². The summed E-state index contributed by atoms with van der Waals surface area (Å²) in [5, 5.41) is 22.0.